The normalized spacial score (nSPS) is 11.4. The lowest BCUT2D eigenvalue weighted by molar-refractivity contribution is 0.418. The van der Waals surface area contributed by atoms with Crippen molar-refractivity contribution in [2.75, 3.05) is 11.8 Å². The van der Waals surface area contributed by atoms with Gasteiger partial charge in [0.05, 0.1) is 17.7 Å². The van der Waals surface area contributed by atoms with Crippen LogP contribution in [0.4, 0.5) is 5.69 Å². The summed E-state index contributed by atoms with van der Waals surface area (Å²) in [5, 5.41) is 0.521. The fourth-order valence-corrected chi connectivity index (χ4v) is 3.74. The molecule has 0 atom stereocenters. The van der Waals surface area contributed by atoms with E-state index >= 15 is 0 Å². The van der Waals surface area contributed by atoms with E-state index in [1.807, 2.05) is 19.1 Å². The van der Waals surface area contributed by atoms with Crippen LogP contribution in [0.15, 0.2) is 59.6 Å². The Morgan fingerprint density at radius 3 is 2.57 bits per heavy atom. The zero-order chi connectivity index (χ0) is 16.4. The average molecular weight is 328 g/mol. The number of aromatic nitrogens is 1. The van der Waals surface area contributed by atoms with Crippen LogP contribution < -0.4 is 9.46 Å². The van der Waals surface area contributed by atoms with Crippen molar-refractivity contribution < 1.29 is 13.2 Å². The standard InChI is InChI=1S/C17H16N2O3S/c1-12-6-3-4-8-14(12)19-23(20,21)16-10-9-15(22-2)17-13(16)7-5-11-18-17/h3-11,19H,1-2H3. The summed E-state index contributed by atoms with van der Waals surface area (Å²) in [4.78, 5) is 4.40. The molecule has 3 aromatic rings. The molecule has 0 saturated heterocycles. The zero-order valence-electron chi connectivity index (χ0n) is 12.8. The van der Waals surface area contributed by atoms with E-state index in [0.29, 0.717) is 22.3 Å². The Hall–Kier alpha value is -2.60. The fourth-order valence-electron chi connectivity index (χ4n) is 2.41. The van der Waals surface area contributed by atoms with Crippen LogP contribution in [0.2, 0.25) is 0 Å². The Bertz CT molecular complexity index is 968. The Labute approximate surface area is 135 Å². The van der Waals surface area contributed by atoms with Crippen LogP contribution in [-0.4, -0.2) is 20.5 Å². The molecule has 0 unspecified atom stereocenters. The number of para-hydroxylation sites is 1. The number of nitrogens with zero attached hydrogens (tertiary/aromatic N) is 1. The van der Waals surface area contributed by atoms with E-state index in [2.05, 4.69) is 9.71 Å². The number of anilines is 1. The molecule has 0 amide bonds. The Morgan fingerprint density at radius 2 is 1.83 bits per heavy atom. The monoisotopic (exact) mass is 328 g/mol. The predicted octanol–water partition coefficient (Wildman–Crippen LogP) is 3.35. The first-order valence-electron chi connectivity index (χ1n) is 7.03. The van der Waals surface area contributed by atoms with E-state index in [9.17, 15) is 8.42 Å². The van der Waals surface area contributed by atoms with E-state index in [0.717, 1.165) is 5.56 Å². The minimum Gasteiger partial charge on any atom is -0.494 e. The van der Waals surface area contributed by atoms with Gasteiger partial charge in [0.25, 0.3) is 10.0 Å². The van der Waals surface area contributed by atoms with E-state index < -0.39 is 10.0 Å². The van der Waals surface area contributed by atoms with E-state index in [1.165, 1.54) is 13.2 Å². The molecule has 118 valence electrons. The molecule has 0 saturated carbocycles. The summed E-state index contributed by atoms with van der Waals surface area (Å²) >= 11 is 0. The lowest BCUT2D eigenvalue weighted by atomic mass is 10.2. The summed E-state index contributed by atoms with van der Waals surface area (Å²) in [5.74, 6) is 0.537. The highest BCUT2D eigenvalue weighted by Gasteiger charge is 2.20. The molecule has 0 fully saturated rings. The molecule has 1 N–H and O–H groups in total. The van der Waals surface area contributed by atoms with Gasteiger partial charge in [-0.05, 0) is 42.8 Å². The van der Waals surface area contributed by atoms with Gasteiger partial charge in [-0.15, -0.1) is 0 Å². The van der Waals surface area contributed by atoms with Gasteiger partial charge >= 0.3 is 0 Å². The first-order chi connectivity index (χ1) is 11.0. The number of methoxy groups -OCH3 is 1. The number of hydrogen-bond acceptors (Lipinski definition) is 4. The Morgan fingerprint density at radius 1 is 1.04 bits per heavy atom. The molecule has 5 nitrogen and oxygen atoms in total. The lowest BCUT2D eigenvalue weighted by Crippen LogP contribution is -2.14. The topological polar surface area (TPSA) is 68.3 Å². The van der Waals surface area contributed by atoms with E-state index in [-0.39, 0.29) is 4.90 Å². The summed E-state index contributed by atoms with van der Waals surface area (Å²) in [5.41, 5.74) is 1.93. The molecule has 0 bridgehead atoms. The summed E-state index contributed by atoms with van der Waals surface area (Å²) in [7, 11) is -2.20. The van der Waals surface area contributed by atoms with Crippen LogP contribution in [0.3, 0.4) is 0 Å². The van der Waals surface area contributed by atoms with Gasteiger partial charge in [0.15, 0.2) is 0 Å². The molecule has 3 rings (SSSR count). The largest absolute Gasteiger partial charge is 0.494 e. The van der Waals surface area contributed by atoms with Crippen molar-refractivity contribution in [1.82, 2.24) is 4.98 Å². The van der Waals surface area contributed by atoms with Crippen molar-refractivity contribution in [1.29, 1.82) is 0 Å². The third-order valence-corrected chi connectivity index (χ3v) is 5.02. The molecule has 23 heavy (non-hydrogen) atoms. The van der Waals surface area contributed by atoms with Crippen LogP contribution in [0.5, 0.6) is 5.75 Å². The highest BCUT2D eigenvalue weighted by atomic mass is 32.2. The number of rotatable bonds is 4. The molecule has 0 aliphatic rings. The number of fused-ring (bicyclic) bond motifs is 1. The Kier molecular flexibility index (Phi) is 3.92. The van der Waals surface area contributed by atoms with Crippen LogP contribution in [-0.2, 0) is 10.0 Å². The molecule has 1 heterocycles. The predicted molar refractivity (Wildman–Crippen MR) is 90.3 cm³/mol. The molecule has 2 aromatic carbocycles. The van der Waals surface area contributed by atoms with Gasteiger partial charge in [-0.1, -0.05) is 18.2 Å². The molecule has 6 heteroatoms. The highest BCUT2D eigenvalue weighted by molar-refractivity contribution is 7.93. The first-order valence-corrected chi connectivity index (χ1v) is 8.51. The van der Waals surface area contributed by atoms with Crippen molar-refractivity contribution in [3.05, 3.63) is 60.3 Å². The Balaban J connectivity index is 2.14. The van der Waals surface area contributed by atoms with Gasteiger partial charge in [0.2, 0.25) is 0 Å². The molecule has 0 radical (unpaired) electrons. The minimum absolute atomic E-state index is 0.171. The summed E-state index contributed by atoms with van der Waals surface area (Å²) in [6, 6.07) is 13.8. The minimum atomic E-state index is -3.73. The summed E-state index contributed by atoms with van der Waals surface area (Å²) < 4.78 is 33.5. The maximum absolute atomic E-state index is 12.8. The highest BCUT2D eigenvalue weighted by Crippen LogP contribution is 2.30. The van der Waals surface area contributed by atoms with Gasteiger partial charge in [-0.3, -0.25) is 9.71 Å². The lowest BCUT2D eigenvalue weighted by Gasteiger charge is -2.13. The molecule has 0 spiro atoms. The maximum atomic E-state index is 12.8. The van der Waals surface area contributed by atoms with Crippen molar-refractivity contribution in [3.8, 4) is 5.75 Å². The van der Waals surface area contributed by atoms with Gasteiger partial charge in [-0.2, -0.15) is 0 Å². The fraction of sp³-hybridized carbons (Fsp3) is 0.118. The van der Waals surface area contributed by atoms with Gasteiger partial charge < -0.3 is 4.74 Å². The van der Waals surface area contributed by atoms with Crippen LogP contribution >= 0.6 is 0 Å². The molecule has 0 aliphatic carbocycles. The average Bonchev–Trinajstić information content (AvgIpc) is 2.55. The molecular formula is C17H16N2O3S. The van der Waals surface area contributed by atoms with Crippen LogP contribution in [0.1, 0.15) is 5.56 Å². The SMILES string of the molecule is COc1ccc(S(=O)(=O)Nc2ccccc2C)c2cccnc12. The smallest absolute Gasteiger partial charge is 0.262 e. The maximum Gasteiger partial charge on any atom is 0.262 e. The molecular weight excluding hydrogens is 312 g/mol. The van der Waals surface area contributed by atoms with E-state index in [1.54, 1.807) is 36.5 Å². The number of sulfonamides is 1. The zero-order valence-corrected chi connectivity index (χ0v) is 13.6. The van der Waals surface area contributed by atoms with Crippen LogP contribution in [0.25, 0.3) is 10.9 Å². The number of aryl methyl sites for hydroxylation is 1. The van der Waals surface area contributed by atoms with Gasteiger partial charge in [0.1, 0.15) is 11.3 Å². The van der Waals surface area contributed by atoms with Crippen molar-refractivity contribution in [3.63, 3.8) is 0 Å². The van der Waals surface area contributed by atoms with Gasteiger partial charge in [0, 0.05) is 11.6 Å². The second-order valence-electron chi connectivity index (χ2n) is 5.09. The number of pyridine rings is 1. The van der Waals surface area contributed by atoms with Crippen LogP contribution in [0, 0.1) is 6.92 Å². The number of benzene rings is 2. The molecule has 1 aromatic heterocycles. The quantitative estimate of drug-likeness (QED) is 0.797. The van der Waals surface area contributed by atoms with Crippen molar-refractivity contribution in [2.24, 2.45) is 0 Å². The number of ether oxygens (including phenoxy) is 1. The van der Waals surface area contributed by atoms with Gasteiger partial charge in [-0.25, -0.2) is 8.42 Å². The third-order valence-electron chi connectivity index (χ3n) is 3.59. The number of nitrogens with one attached hydrogen (secondary N) is 1. The van der Waals surface area contributed by atoms with E-state index in [4.69, 9.17) is 4.74 Å². The third kappa shape index (κ3) is 2.85. The second kappa shape index (κ2) is 5.89. The number of hydrogen-bond donors (Lipinski definition) is 1. The summed E-state index contributed by atoms with van der Waals surface area (Å²) in [6.07, 6.45) is 1.61. The first kappa shape index (κ1) is 15.3. The van der Waals surface area contributed by atoms with Crippen molar-refractivity contribution in [2.45, 2.75) is 11.8 Å². The molecule has 0 aliphatic heterocycles. The van der Waals surface area contributed by atoms with Crippen molar-refractivity contribution >= 4 is 26.6 Å². The summed E-state index contributed by atoms with van der Waals surface area (Å²) in [6.45, 7) is 1.85. The second-order valence-corrected chi connectivity index (χ2v) is 6.74.